The Labute approximate surface area is 201 Å². The highest BCUT2D eigenvalue weighted by molar-refractivity contribution is 6.10. The lowest BCUT2D eigenvalue weighted by Crippen LogP contribution is -2.23. The highest BCUT2D eigenvalue weighted by Gasteiger charge is 2.21. The van der Waals surface area contributed by atoms with Crippen LogP contribution in [0.1, 0.15) is 53.7 Å². The molecule has 1 amide bonds. The standard InChI is InChI=1S/C29H34N4O/c1-18-22(9-6-10-26(18)31-19(2)20-7-4-5-8-20)23-11-12-24(29(30)34)28-25(23)17-27(32-28)21-13-15-33(3)16-14-21/h6,9-13,17,20,31-32H,2,4-5,7-8,14-16H2,1,3H3,(H2,30,34). The molecule has 176 valence electrons. The summed E-state index contributed by atoms with van der Waals surface area (Å²) in [5.74, 6) is 0.141. The summed E-state index contributed by atoms with van der Waals surface area (Å²) in [5.41, 5.74) is 15.1. The number of aromatic amines is 1. The Kier molecular flexibility index (Phi) is 6.05. The van der Waals surface area contributed by atoms with Crippen LogP contribution in [0.5, 0.6) is 0 Å². The third-order valence-corrected chi connectivity index (χ3v) is 7.58. The van der Waals surface area contributed by atoms with E-state index in [4.69, 9.17) is 5.73 Å². The number of anilines is 1. The first-order valence-electron chi connectivity index (χ1n) is 12.3. The summed E-state index contributed by atoms with van der Waals surface area (Å²) in [4.78, 5) is 18.0. The van der Waals surface area contributed by atoms with Crippen molar-refractivity contribution in [3.63, 3.8) is 0 Å². The van der Waals surface area contributed by atoms with Crippen LogP contribution < -0.4 is 11.1 Å². The summed E-state index contributed by atoms with van der Waals surface area (Å²) in [7, 11) is 2.13. The number of rotatable bonds is 6. The molecular formula is C29H34N4O. The van der Waals surface area contributed by atoms with Crippen molar-refractivity contribution < 1.29 is 4.79 Å². The molecule has 0 radical (unpaired) electrons. The molecule has 2 aliphatic rings. The zero-order valence-electron chi connectivity index (χ0n) is 20.2. The van der Waals surface area contributed by atoms with Gasteiger partial charge in [0.15, 0.2) is 0 Å². The predicted octanol–water partition coefficient (Wildman–Crippen LogP) is 6.08. The van der Waals surface area contributed by atoms with Gasteiger partial charge in [0.2, 0.25) is 0 Å². The van der Waals surface area contributed by atoms with E-state index < -0.39 is 5.91 Å². The van der Waals surface area contributed by atoms with Crippen LogP contribution in [0.2, 0.25) is 0 Å². The lowest BCUT2D eigenvalue weighted by Gasteiger charge is -2.21. The molecule has 2 aromatic carbocycles. The Morgan fingerprint density at radius 2 is 1.97 bits per heavy atom. The molecule has 1 fully saturated rings. The number of allylic oxidation sites excluding steroid dienone is 1. The second-order valence-electron chi connectivity index (χ2n) is 9.85. The number of nitrogens with zero attached hydrogens (tertiary/aromatic N) is 1. The average molecular weight is 455 g/mol. The predicted molar refractivity (Wildman–Crippen MR) is 142 cm³/mol. The number of amides is 1. The number of primary amides is 1. The number of nitrogens with one attached hydrogen (secondary N) is 2. The van der Waals surface area contributed by atoms with Crippen LogP contribution in [-0.2, 0) is 0 Å². The first-order valence-corrected chi connectivity index (χ1v) is 12.3. The van der Waals surface area contributed by atoms with Crippen molar-refractivity contribution in [1.29, 1.82) is 0 Å². The highest BCUT2D eigenvalue weighted by atomic mass is 16.1. The minimum atomic E-state index is -0.415. The molecule has 1 saturated carbocycles. The normalized spacial score (nSPS) is 17.2. The van der Waals surface area contributed by atoms with E-state index in [0.29, 0.717) is 11.5 Å². The SMILES string of the molecule is C=C(Nc1cccc(-c2ccc(C(N)=O)c3[nH]c(C4=CCN(C)CC4)cc23)c1C)C1CCCC1. The quantitative estimate of drug-likeness (QED) is 0.423. The van der Waals surface area contributed by atoms with Crippen LogP contribution >= 0.6 is 0 Å². The minimum Gasteiger partial charge on any atom is -0.366 e. The van der Waals surface area contributed by atoms with Gasteiger partial charge < -0.3 is 20.9 Å². The van der Waals surface area contributed by atoms with Crippen LogP contribution in [-0.4, -0.2) is 35.9 Å². The molecule has 1 aliphatic carbocycles. The second kappa shape index (κ2) is 9.15. The van der Waals surface area contributed by atoms with Crippen LogP contribution in [0.25, 0.3) is 27.6 Å². The van der Waals surface area contributed by atoms with Crippen LogP contribution in [0.4, 0.5) is 5.69 Å². The van der Waals surface area contributed by atoms with Crippen LogP contribution in [0, 0.1) is 12.8 Å². The molecule has 0 spiro atoms. The van der Waals surface area contributed by atoms with Crippen molar-refractivity contribution in [2.45, 2.75) is 39.0 Å². The zero-order valence-corrected chi connectivity index (χ0v) is 20.2. The van der Waals surface area contributed by atoms with Gasteiger partial charge in [0, 0.05) is 35.6 Å². The Balaban J connectivity index is 1.58. The van der Waals surface area contributed by atoms with Crippen molar-refractivity contribution in [3.05, 3.63) is 71.6 Å². The molecule has 4 N–H and O–H groups in total. The fraction of sp³-hybridized carbons (Fsp3) is 0.345. The summed E-state index contributed by atoms with van der Waals surface area (Å²) in [6.45, 7) is 8.44. The van der Waals surface area contributed by atoms with Crippen molar-refractivity contribution in [2.24, 2.45) is 11.7 Å². The maximum absolute atomic E-state index is 12.2. The maximum atomic E-state index is 12.2. The minimum absolute atomic E-state index is 0.415. The highest BCUT2D eigenvalue weighted by Crippen LogP contribution is 2.38. The topological polar surface area (TPSA) is 74.1 Å². The molecular weight excluding hydrogens is 420 g/mol. The molecule has 3 aromatic rings. The largest absolute Gasteiger partial charge is 0.366 e. The Morgan fingerprint density at radius 3 is 2.68 bits per heavy atom. The fourth-order valence-corrected chi connectivity index (χ4v) is 5.46. The van der Waals surface area contributed by atoms with E-state index in [1.807, 2.05) is 12.1 Å². The average Bonchev–Trinajstić information content (AvgIpc) is 3.51. The van der Waals surface area contributed by atoms with Crippen LogP contribution in [0.15, 0.2) is 54.8 Å². The molecule has 5 rings (SSSR count). The van der Waals surface area contributed by atoms with E-state index in [0.717, 1.165) is 58.6 Å². The maximum Gasteiger partial charge on any atom is 0.250 e. The van der Waals surface area contributed by atoms with E-state index >= 15 is 0 Å². The van der Waals surface area contributed by atoms with Crippen molar-refractivity contribution in [1.82, 2.24) is 9.88 Å². The first kappa shape index (κ1) is 22.5. The van der Waals surface area contributed by atoms with Crippen molar-refractivity contribution in [2.75, 3.05) is 25.5 Å². The second-order valence-corrected chi connectivity index (χ2v) is 9.85. The van der Waals surface area contributed by atoms with Gasteiger partial charge in [-0.05, 0) is 79.6 Å². The molecule has 5 nitrogen and oxygen atoms in total. The fourth-order valence-electron chi connectivity index (χ4n) is 5.46. The number of aromatic nitrogens is 1. The Bertz CT molecular complexity index is 1290. The third-order valence-electron chi connectivity index (χ3n) is 7.58. The third kappa shape index (κ3) is 4.16. The summed E-state index contributed by atoms with van der Waals surface area (Å²) < 4.78 is 0. The number of carbonyl (C=O) groups is 1. The van der Waals surface area contributed by atoms with E-state index in [1.54, 1.807) is 0 Å². The van der Waals surface area contributed by atoms with Gasteiger partial charge in [-0.25, -0.2) is 0 Å². The lowest BCUT2D eigenvalue weighted by atomic mass is 9.94. The van der Waals surface area contributed by atoms with Gasteiger partial charge in [-0.1, -0.05) is 43.7 Å². The summed E-state index contributed by atoms with van der Waals surface area (Å²) >= 11 is 0. The number of nitrogens with two attached hydrogens (primary N) is 1. The molecule has 1 aromatic heterocycles. The van der Waals surface area contributed by atoms with Gasteiger partial charge in [-0.3, -0.25) is 4.79 Å². The summed E-state index contributed by atoms with van der Waals surface area (Å²) in [6, 6.07) is 12.4. The zero-order chi connectivity index (χ0) is 23.8. The lowest BCUT2D eigenvalue weighted by molar-refractivity contribution is 0.100. The number of hydrogen-bond acceptors (Lipinski definition) is 3. The number of likely N-dealkylation sites (N-methyl/N-ethyl adjacent to an activating group) is 1. The smallest absolute Gasteiger partial charge is 0.250 e. The molecule has 0 saturated heterocycles. The first-order chi connectivity index (χ1) is 16.4. The van der Waals surface area contributed by atoms with E-state index in [9.17, 15) is 4.79 Å². The Morgan fingerprint density at radius 1 is 1.18 bits per heavy atom. The number of hydrogen-bond donors (Lipinski definition) is 3. The van der Waals surface area contributed by atoms with Crippen LogP contribution in [0.3, 0.4) is 0 Å². The van der Waals surface area contributed by atoms with Gasteiger partial charge >= 0.3 is 0 Å². The number of fused-ring (bicyclic) bond motifs is 1. The number of benzene rings is 2. The van der Waals surface area contributed by atoms with Gasteiger partial charge in [0.05, 0.1) is 11.1 Å². The van der Waals surface area contributed by atoms with E-state index in [-0.39, 0.29) is 0 Å². The van der Waals surface area contributed by atoms with Gasteiger partial charge in [0.1, 0.15) is 0 Å². The molecule has 0 bridgehead atoms. The number of carbonyl (C=O) groups excluding carboxylic acids is 1. The van der Waals surface area contributed by atoms with Crippen molar-refractivity contribution >= 4 is 28.1 Å². The monoisotopic (exact) mass is 454 g/mol. The van der Waals surface area contributed by atoms with Gasteiger partial charge in [-0.2, -0.15) is 0 Å². The molecule has 1 aliphatic heterocycles. The summed E-state index contributed by atoms with van der Waals surface area (Å²) in [6.07, 6.45) is 8.26. The number of H-pyrrole nitrogens is 1. The molecule has 0 atom stereocenters. The van der Waals surface area contributed by atoms with Crippen molar-refractivity contribution in [3.8, 4) is 11.1 Å². The van der Waals surface area contributed by atoms with E-state index in [2.05, 4.69) is 66.1 Å². The molecule has 2 heterocycles. The van der Waals surface area contributed by atoms with Gasteiger partial charge in [-0.15, -0.1) is 0 Å². The molecule has 34 heavy (non-hydrogen) atoms. The molecule has 5 heteroatoms. The van der Waals surface area contributed by atoms with Gasteiger partial charge in [0.25, 0.3) is 5.91 Å². The van der Waals surface area contributed by atoms with E-state index in [1.165, 1.54) is 36.8 Å². The summed E-state index contributed by atoms with van der Waals surface area (Å²) in [5, 5.41) is 4.64. The molecule has 0 unspecified atom stereocenters. The Hall–Kier alpha value is -3.31.